The smallest absolute Gasteiger partial charge is 0.255 e. The maximum Gasteiger partial charge on any atom is 0.255 e. The maximum absolute atomic E-state index is 12.5. The molecule has 0 saturated carbocycles. The quantitative estimate of drug-likeness (QED) is 0.911. The molecule has 7 heteroatoms. The van der Waals surface area contributed by atoms with Gasteiger partial charge in [-0.3, -0.25) is 9.59 Å². The number of methoxy groups -OCH3 is 2. The Kier molecular flexibility index (Phi) is 4.97. The number of nitrogens with zero attached hydrogens (tertiary/aromatic N) is 1. The minimum Gasteiger partial charge on any atom is -0.493 e. The number of hydrogen-bond acceptors (Lipinski definition) is 5. The number of ether oxygens (including phenoxy) is 3. The highest BCUT2D eigenvalue weighted by molar-refractivity contribution is 6.05. The Hall–Kier alpha value is -3.22. The molecule has 1 heterocycles. The molecule has 1 aliphatic rings. The van der Waals surface area contributed by atoms with Crippen molar-refractivity contribution >= 4 is 23.2 Å². The van der Waals surface area contributed by atoms with Crippen LogP contribution in [0, 0.1) is 0 Å². The van der Waals surface area contributed by atoms with Crippen LogP contribution in [0.4, 0.5) is 11.4 Å². The second-order valence-corrected chi connectivity index (χ2v) is 5.73. The number of anilines is 2. The van der Waals surface area contributed by atoms with Crippen molar-refractivity contribution in [2.24, 2.45) is 0 Å². The number of carbonyl (C=O) groups is 2. The van der Waals surface area contributed by atoms with Crippen molar-refractivity contribution in [1.82, 2.24) is 0 Å². The highest BCUT2D eigenvalue weighted by atomic mass is 16.5. The summed E-state index contributed by atoms with van der Waals surface area (Å²) in [5, 5.41) is 2.83. The Morgan fingerprint density at radius 1 is 1.08 bits per heavy atom. The number of nitrogens with one attached hydrogen (secondary N) is 1. The monoisotopic (exact) mass is 356 g/mol. The van der Waals surface area contributed by atoms with E-state index in [2.05, 4.69) is 5.32 Å². The Labute approximate surface area is 151 Å². The molecule has 0 bridgehead atoms. The third kappa shape index (κ3) is 3.42. The summed E-state index contributed by atoms with van der Waals surface area (Å²) in [4.78, 5) is 26.0. The average Bonchev–Trinajstić information content (AvgIpc) is 2.66. The Morgan fingerprint density at radius 2 is 1.85 bits per heavy atom. The first kappa shape index (κ1) is 17.6. The summed E-state index contributed by atoms with van der Waals surface area (Å²) in [7, 11) is 3.05. The van der Waals surface area contributed by atoms with Crippen molar-refractivity contribution in [1.29, 1.82) is 0 Å². The van der Waals surface area contributed by atoms with Crippen molar-refractivity contribution in [3.05, 3.63) is 42.0 Å². The molecule has 0 radical (unpaired) electrons. The normalized spacial score (nSPS) is 12.7. The summed E-state index contributed by atoms with van der Waals surface area (Å²) in [5.74, 6) is 1.28. The maximum atomic E-state index is 12.5. The van der Waals surface area contributed by atoms with E-state index < -0.39 is 0 Å². The van der Waals surface area contributed by atoms with E-state index in [9.17, 15) is 9.59 Å². The van der Waals surface area contributed by atoms with Gasteiger partial charge in [-0.1, -0.05) is 0 Å². The van der Waals surface area contributed by atoms with Gasteiger partial charge in [-0.05, 0) is 36.4 Å². The molecule has 26 heavy (non-hydrogen) atoms. The molecule has 1 N–H and O–H groups in total. The van der Waals surface area contributed by atoms with E-state index in [1.54, 1.807) is 41.3 Å². The molecule has 1 aliphatic heterocycles. The molecular weight excluding hydrogens is 336 g/mol. The molecule has 0 aromatic heterocycles. The summed E-state index contributed by atoms with van der Waals surface area (Å²) in [6, 6.07) is 10.1. The lowest BCUT2D eigenvalue weighted by molar-refractivity contribution is -0.116. The van der Waals surface area contributed by atoms with Gasteiger partial charge in [-0.2, -0.15) is 0 Å². The third-order valence-electron chi connectivity index (χ3n) is 4.11. The fraction of sp³-hybridized carbons (Fsp3) is 0.263. The minimum absolute atomic E-state index is 0.0714. The molecule has 0 unspecified atom stereocenters. The molecule has 0 aliphatic carbocycles. The molecule has 0 spiro atoms. The van der Waals surface area contributed by atoms with Gasteiger partial charge in [0, 0.05) is 18.2 Å². The van der Waals surface area contributed by atoms with Crippen molar-refractivity contribution in [2.45, 2.75) is 6.92 Å². The van der Waals surface area contributed by atoms with Gasteiger partial charge in [0.1, 0.15) is 12.4 Å². The predicted molar refractivity (Wildman–Crippen MR) is 97.5 cm³/mol. The van der Waals surface area contributed by atoms with E-state index in [0.717, 1.165) is 0 Å². The second-order valence-electron chi connectivity index (χ2n) is 5.73. The summed E-state index contributed by atoms with van der Waals surface area (Å²) in [6.07, 6.45) is 0. The molecule has 2 aromatic rings. The van der Waals surface area contributed by atoms with E-state index in [4.69, 9.17) is 14.2 Å². The van der Waals surface area contributed by atoms with Crippen LogP contribution in [-0.4, -0.2) is 39.2 Å². The molecule has 2 aromatic carbocycles. The Balaban J connectivity index is 1.84. The van der Waals surface area contributed by atoms with Crippen molar-refractivity contribution < 1.29 is 23.8 Å². The Morgan fingerprint density at radius 3 is 2.54 bits per heavy atom. The zero-order valence-corrected chi connectivity index (χ0v) is 14.9. The number of benzene rings is 2. The largest absolute Gasteiger partial charge is 0.493 e. The molecule has 0 atom stereocenters. The standard InChI is InChI=1S/C19H20N2O5/c1-12(22)21-8-9-26-16-7-5-14(11-15(16)21)20-19(23)13-4-6-17(24-2)18(10-13)25-3/h4-7,10-11H,8-9H2,1-3H3,(H,20,23). The SMILES string of the molecule is COc1ccc(C(=O)Nc2ccc3c(c2)N(C(C)=O)CCO3)cc1OC. The van der Waals surface area contributed by atoms with Crippen LogP contribution in [0.25, 0.3) is 0 Å². The van der Waals surface area contributed by atoms with E-state index in [-0.39, 0.29) is 11.8 Å². The van der Waals surface area contributed by atoms with Crippen LogP contribution in [-0.2, 0) is 4.79 Å². The van der Waals surface area contributed by atoms with Gasteiger partial charge in [-0.25, -0.2) is 0 Å². The van der Waals surface area contributed by atoms with E-state index >= 15 is 0 Å². The van der Waals surface area contributed by atoms with Crippen LogP contribution in [0.2, 0.25) is 0 Å². The molecule has 3 rings (SSSR count). The van der Waals surface area contributed by atoms with Gasteiger partial charge in [0.15, 0.2) is 11.5 Å². The van der Waals surface area contributed by atoms with Crippen LogP contribution in [0.15, 0.2) is 36.4 Å². The summed E-state index contributed by atoms with van der Waals surface area (Å²) >= 11 is 0. The van der Waals surface area contributed by atoms with Gasteiger partial charge in [0.05, 0.1) is 26.5 Å². The molecule has 2 amide bonds. The topological polar surface area (TPSA) is 77.1 Å². The van der Waals surface area contributed by atoms with Crippen LogP contribution in [0.1, 0.15) is 17.3 Å². The highest BCUT2D eigenvalue weighted by Gasteiger charge is 2.22. The zero-order chi connectivity index (χ0) is 18.7. The summed E-state index contributed by atoms with van der Waals surface area (Å²) in [6.45, 7) is 2.43. The third-order valence-corrected chi connectivity index (χ3v) is 4.11. The minimum atomic E-state index is -0.294. The zero-order valence-electron chi connectivity index (χ0n) is 14.9. The Bertz CT molecular complexity index is 850. The molecule has 7 nitrogen and oxygen atoms in total. The molecule has 0 fully saturated rings. The molecular formula is C19H20N2O5. The van der Waals surface area contributed by atoms with Crippen molar-refractivity contribution in [3.63, 3.8) is 0 Å². The van der Waals surface area contributed by atoms with Gasteiger partial charge < -0.3 is 24.4 Å². The summed E-state index contributed by atoms with van der Waals surface area (Å²) < 4.78 is 16.0. The van der Waals surface area contributed by atoms with E-state index in [0.29, 0.717) is 47.3 Å². The lowest BCUT2D eigenvalue weighted by atomic mass is 10.1. The first-order valence-electron chi connectivity index (χ1n) is 8.12. The van der Waals surface area contributed by atoms with Gasteiger partial charge in [-0.15, -0.1) is 0 Å². The lowest BCUT2D eigenvalue weighted by Gasteiger charge is -2.29. The van der Waals surface area contributed by atoms with Crippen LogP contribution in [0.3, 0.4) is 0 Å². The average molecular weight is 356 g/mol. The number of hydrogen-bond donors (Lipinski definition) is 1. The van der Waals surface area contributed by atoms with Gasteiger partial charge >= 0.3 is 0 Å². The van der Waals surface area contributed by atoms with Crippen molar-refractivity contribution in [2.75, 3.05) is 37.6 Å². The van der Waals surface area contributed by atoms with Crippen LogP contribution < -0.4 is 24.4 Å². The highest BCUT2D eigenvalue weighted by Crippen LogP contribution is 2.34. The number of carbonyl (C=O) groups excluding carboxylic acids is 2. The van der Waals surface area contributed by atoms with E-state index in [1.165, 1.54) is 21.1 Å². The van der Waals surface area contributed by atoms with E-state index in [1.807, 2.05) is 0 Å². The second kappa shape index (κ2) is 7.35. The fourth-order valence-corrected chi connectivity index (χ4v) is 2.80. The number of amides is 2. The first-order valence-corrected chi connectivity index (χ1v) is 8.12. The lowest BCUT2D eigenvalue weighted by Crippen LogP contribution is -2.36. The molecule has 136 valence electrons. The van der Waals surface area contributed by atoms with Gasteiger partial charge in [0.2, 0.25) is 5.91 Å². The fourth-order valence-electron chi connectivity index (χ4n) is 2.80. The van der Waals surface area contributed by atoms with Crippen LogP contribution >= 0.6 is 0 Å². The number of rotatable bonds is 4. The predicted octanol–water partition coefficient (Wildman–Crippen LogP) is 2.70. The van der Waals surface area contributed by atoms with Gasteiger partial charge in [0.25, 0.3) is 5.91 Å². The first-order chi connectivity index (χ1) is 12.5. The van der Waals surface area contributed by atoms with Crippen molar-refractivity contribution in [3.8, 4) is 17.2 Å². The summed E-state index contributed by atoms with van der Waals surface area (Å²) in [5.41, 5.74) is 1.65. The number of fused-ring (bicyclic) bond motifs is 1. The molecule has 0 saturated heterocycles. The van der Waals surface area contributed by atoms with Crippen LogP contribution in [0.5, 0.6) is 17.2 Å².